The van der Waals surface area contributed by atoms with Crippen molar-refractivity contribution in [2.45, 2.75) is 30.3 Å². The molecule has 0 radical (unpaired) electrons. The molecule has 27 heavy (non-hydrogen) atoms. The van der Waals surface area contributed by atoms with E-state index in [1.807, 2.05) is 12.1 Å². The second-order valence-corrected chi connectivity index (χ2v) is 9.09. The van der Waals surface area contributed by atoms with Crippen molar-refractivity contribution >= 4 is 10.0 Å². The summed E-state index contributed by atoms with van der Waals surface area (Å²) in [6.07, 6.45) is 2.36. The molecule has 0 aromatic heterocycles. The number of rotatable bonds is 9. The number of hydrogen-bond acceptors (Lipinski definition) is 4. The standard InChI is InChI=1S/C20H25FN2O3S/c1-22(2)27(24,25)20-11-9-19(10-12-20)26-14-13-23(18-7-8-18)15-16-3-5-17(21)6-4-16/h3-6,9-12,18H,7-8,13-15H2,1-2H3. The van der Waals surface area contributed by atoms with Crippen molar-refractivity contribution < 1.29 is 17.5 Å². The molecule has 3 rings (SSSR count). The van der Waals surface area contributed by atoms with E-state index >= 15 is 0 Å². The third kappa shape index (κ3) is 5.28. The minimum Gasteiger partial charge on any atom is -0.492 e. The Morgan fingerprint density at radius 2 is 1.67 bits per heavy atom. The van der Waals surface area contributed by atoms with Gasteiger partial charge < -0.3 is 4.74 Å². The Labute approximate surface area is 160 Å². The second-order valence-electron chi connectivity index (χ2n) is 6.94. The Hall–Kier alpha value is -1.96. The molecule has 0 spiro atoms. The van der Waals surface area contributed by atoms with Gasteiger partial charge in [0.05, 0.1) is 4.90 Å². The number of ether oxygens (including phenoxy) is 1. The van der Waals surface area contributed by atoms with Crippen LogP contribution in [0.1, 0.15) is 18.4 Å². The molecule has 0 bridgehead atoms. The third-order valence-electron chi connectivity index (χ3n) is 4.61. The van der Waals surface area contributed by atoms with Gasteiger partial charge in [-0.05, 0) is 54.8 Å². The molecule has 1 aliphatic rings. The number of nitrogens with zero attached hydrogens (tertiary/aromatic N) is 2. The zero-order chi connectivity index (χ0) is 19.4. The molecule has 0 saturated heterocycles. The van der Waals surface area contributed by atoms with Crippen LogP contribution in [0, 0.1) is 5.82 Å². The SMILES string of the molecule is CN(C)S(=O)(=O)c1ccc(OCCN(Cc2ccc(F)cc2)C2CC2)cc1. The van der Waals surface area contributed by atoms with Crippen LogP contribution in [0.5, 0.6) is 5.75 Å². The van der Waals surface area contributed by atoms with E-state index in [0.29, 0.717) is 18.4 Å². The normalized spacial score (nSPS) is 14.7. The lowest BCUT2D eigenvalue weighted by Crippen LogP contribution is -2.30. The van der Waals surface area contributed by atoms with Crippen LogP contribution in [0.15, 0.2) is 53.4 Å². The van der Waals surface area contributed by atoms with E-state index in [-0.39, 0.29) is 10.7 Å². The summed E-state index contributed by atoms with van der Waals surface area (Å²) in [7, 11) is -0.411. The Balaban J connectivity index is 1.54. The molecule has 0 heterocycles. The van der Waals surface area contributed by atoms with Crippen LogP contribution in [0.25, 0.3) is 0 Å². The maximum atomic E-state index is 13.1. The maximum absolute atomic E-state index is 13.1. The fourth-order valence-electron chi connectivity index (χ4n) is 2.85. The molecule has 2 aromatic rings. The molecule has 1 fully saturated rings. The van der Waals surface area contributed by atoms with Gasteiger partial charge in [0.2, 0.25) is 10.0 Å². The third-order valence-corrected chi connectivity index (χ3v) is 6.44. The van der Waals surface area contributed by atoms with Crippen molar-refractivity contribution in [2.75, 3.05) is 27.2 Å². The Kier molecular flexibility index (Phi) is 6.14. The van der Waals surface area contributed by atoms with Gasteiger partial charge in [0.25, 0.3) is 0 Å². The van der Waals surface area contributed by atoms with Crippen molar-refractivity contribution in [3.63, 3.8) is 0 Å². The lowest BCUT2D eigenvalue weighted by Gasteiger charge is -2.22. The molecule has 0 N–H and O–H groups in total. The lowest BCUT2D eigenvalue weighted by molar-refractivity contribution is 0.195. The van der Waals surface area contributed by atoms with Crippen LogP contribution in [0.3, 0.4) is 0 Å². The van der Waals surface area contributed by atoms with Gasteiger partial charge in [-0.25, -0.2) is 17.1 Å². The average molecular weight is 392 g/mol. The molecule has 1 aliphatic carbocycles. The van der Waals surface area contributed by atoms with E-state index in [2.05, 4.69) is 4.90 Å². The summed E-state index contributed by atoms with van der Waals surface area (Å²) in [5.41, 5.74) is 1.08. The molecule has 0 aliphatic heterocycles. The van der Waals surface area contributed by atoms with E-state index in [4.69, 9.17) is 4.74 Å². The van der Waals surface area contributed by atoms with Gasteiger partial charge in [-0.2, -0.15) is 0 Å². The van der Waals surface area contributed by atoms with Crippen molar-refractivity contribution in [2.24, 2.45) is 0 Å². The predicted octanol–water partition coefficient (Wildman–Crippen LogP) is 3.12. The number of benzene rings is 2. The van der Waals surface area contributed by atoms with E-state index in [1.54, 1.807) is 24.3 Å². The summed E-state index contributed by atoms with van der Waals surface area (Å²) in [5.74, 6) is 0.421. The van der Waals surface area contributed by atoms with Crippen LogP contribution < -0.4 is 4.74 Å². The quantitative estimate of drug-likeness (QED) is 0.658. The lowest BCUT2D eigenvalue weighted by atomic mass is 10.2. The molecule has 146 valence electrons. The van der Waals surface area contributed by atoms with Crippen molar-refractivity contribution in [3.8, 4) is 5.75 Å². The highest BCUT2D eigenvalue weighted by molar-refractivity contribution is 7.89. The van der Waals surface area contributed by atoms with Gasteiger partial charge in [-0.1, -0.05) is 12.1 Å². The monoisotopic (exact) mass is 392 g/mol. The smallest absolute Gasteiger partial charge is 0.242 e. The first-order chi connectivity index (χ1) is 12.9. The molecular formula is C20H25FN2O3S. The summed E-state index contributed by atoms with van der Waals surface area (Å²) in [4.78, 5) is 2.59. The number of sulfonamides is 1. The summed E-state index contributed by atoms with van der Waals surface area (Å²) >= 11 is 0. The van der Waals surface area contributed by atoms with E-state index in [1.165, 1.54) is 43.4 Å². The topological polar surface area (TPSA) is 49.9 Å². The fraction of sp³-hybridized carbons (Fsp3) is 0.400. The first-order valence-electron chi connectivity index (χ1n) is 9.00. The predicted molar refractivity (Wildman–Crippen MR) is 103 cm³/mol. The molecule has 0 amide bonds. The van der Waals surface area contributed by atoms with Crippen LogP contribution in [0.2, 0.25) is 0 Å². The summed E-state index contributed by atoms with van der Waals surface area (Å²) in [6.45, 7) is 2.05. The minimum atomic E-state index is -3.43. The van der Waals surface area contributed by atoms with Gasteiger partial charge in [0, 0.05) is 33.2 Å². The van der Waals surface area contributed by atoms with Crippen LogP contribution in [-0.2, 0) is 16.6 Å². The molecule has 0 atom stereocenters. The molecule has 1 saturated carbocycles. The Morgan fingerprint density at radius 1 is 1.04 bits per heavy atom. The summed E-state index contributed by atoms with van der Waals surface area (Å²) < 4.78 is 44.2. The van der Waals surface area contributed by atoms with E-state index in [0.717, 1.165) is 18.7 Å². The number of halogens is 1. The summed E-state index contributed by atoms with van der Waals surface area (Å²) in [6, 6.07) is 13.6. The fourth-order valence-corrected chi connectivity index (χ4v) is 3.76. The van der Waals surface area contributed by atoms with Gasteiger partial charge in [-0.15, -0.1) is 0 Å². The summed E-state index contributed by atoms with van der Waals surface area (Å²) in [5, 5.41) is 0. The van der Waals surface area contributed by atoms with Crippen LogP contribution in [0.4, 0.5) is 4.39 Å². The second kappa shape index (κ2) is 8.37. The zero-order valence-electron chi connectivity index (χ0n) is 15.6. The van der Waals surface area contributed by atoms with Gasteiger partial charge in [0.1, 0.15) is 18.2 Å². The number of hydrogen-bond donors (Lipinski definition) is 0. The van der Waals surface area contributed by atoms with Crippen LogP contribution >= 0.6 is 0 Å². The molecule has 5 nitrogen and oxygen atoms in total. The minimum absolute atomic E-state index is 0.222. The maximum Gasteiger partial charge on any atom is 0.242 e. The van der Waals surface area contributed by atoms with Gasteiger partial charge in [0.15, 0.2) is 0 Å². The molecule has 2 aromatic carbocycles. The highest BCUT2D eigenvalue weighted by Crippen LogP contribution is 2.28. The van der Waals surface area contributed by atoms with Crippen molar-refractivity contribution in [1.29, 1.82) is 0 Å². The molecule has 7 heteroatoms. The zero-order valence-corrected chi connectivity index (χ0v) is 16.5. The highest BCUT2D eigenvalue weighted by atomic mass is 32.2. The Bertz CT molecular complexity index is 848. The Morgan fingerprint density at radius 3 is 2.22 bits per heavy atom. The van der Waals surface area contributed by atoms with E-state index in [9.17, 15) is 12.8 Å². The molecular weight excluding hydrogens is 367 g/mol. The first kappa shape index (κ1) is 19.8. The average Bonchev–Trinajstić information content (AvgIpc) is 3.48. The van der Waals surface area contributed by atoms with Gasteiger partial charge >= 0.3 is 0 Å². The van der Waals surface area contributed by atoms with Crippen molar-refractivity contribution in [3.05, 3.63) is 59.9 Å². The molecule has 0 unspecified atom stereocenters. The van der Waals surface area contributed by atoms with Crippen molar-refractivity contribution in [1.82, 2.24) is 9.21 Å². The highest BCUT2D eigenvalue weighted by Gasteiger charge is 2.28. The van der Waals surface area contributed by atoms with Gasteiger partial charge in [-0.3, -0.25) is 4.90 Å². The largest absolute Gasteiger partial charge is 0.492 e. The van der Waals surface area contributed by atoms with Crippen LogP contribution in [-0.4, -0.2) is 50.9 Å². The van der Waals surface area contributed by atoms with E-state index < -0.39 is 10.0 Å². The first-order valence-corrected chi connectivity index (χ1v) is 10.4.